The molecule has 0 N–H and O–H groups in total. The molecule has 8 heteroatoms. The van der Waals surface area contributed by atoms with Crippen LogP contribution in [0.3, 0.4) is 0 Å². The summed E-state index contributed by atoms with van der Waals surface area (Å²) in [7, 11) is -3.90. The van der Waals surface area contributed by atoms with Crippen molar-refractivity contribution in [2.24, 2.45) is 5.92 Å². The van der Waals surface area contributed by atoms with E-state index in [1.165, 1.54) is 23.2 Å². The van der Waals surface area contributed by atoms with Crippen LogP contribution in [-0.2, 0) is 9.84 Å². The fraction of sp³-hybridized carbons (Fsp3) is 0.556. The number of hydrogen-bond donors (Lipinski definition) is 0. The lowest BCUT2D eigenvalue weighted by molar-refractivity contribution is -0.637. The molecular weight excluding hydrogens is 354 g/mol. The smallest absolute Gasteiger partial charge is 0.290 e. The van der Waals surface area contributed by atoms with Crippen LogP contribution in [0.2, 0.25) is 0 Å². The summed E-state index contributed by atoms with van der Waals surface area (Å²) >= 11 is 0. The molecule has 144 valence electrons. The molecule has 1 aromatic rings. The first-order valence-electron chi connectivity index (χ1n) is 8.73. The molecule has 0 radical (unpaired) electrons. The molecule has 26 heavy (non-hydrogen) atoms. The maximum Gasteiger partial charge on any atom is 0.381 e. The van der Waals surface area contributed by atoms with Crippen LogP contribution in [0.4, 0.5) is 0 Å². The monoisotopic (exact) mass is 381 g/mol. The van der Waals surface area contributed by atoms with E-state index < -0.39 is 21.5 Å². The third kappa shape index (κ3) is 2.86. The summed E-state index contributed by atoms with van der Waals surface area (Å²) in [5, 5.41) is 12.3. The molecule has 0 saturated carbocycles. The topological polar surface area (TPSA) is 83.8 Å². The summed E-state index contributed by atoms with van der Waals surface area (Å²) < 4.78 is 26.6. The fourth-order valence-corrected chi connectivity index (χ4v) is 5.23. The highest BCUT2D eigenvalue weighted by atomic mass is 32.2. The molecule has 0 amide bonds. The summed E-state index contributed by atoms with van der Waals surface area (Å²) in [5.41, 5.74) is 0. The molecule has 2 rings (SSSR count). The molecule has 1 aliphatic rings. The van der Waals surface area contributed by atoms with E-state index in [-0.39, 0.29) is 26.9 Å². The van der Waals surface area contributed by atoms with E-state index in [0.717, 1.165) is 0 Å². The van der Waals surface area contributed by atoms with Crippen molar-refractivity contribution in [3.8, 4) is 0 Å². The highest BCUT2D eigenvalue weighted by Gasteiger charge is 2.64. The minimum Gasteiger partial charge on any atom is -0.290 e. The molecular formula is C18H27N3O4S. The molecule has 0 aliphatic carbocycles. The maximum absolute atomic E-state index is 13.3. The molecule has 1 aromatic carbocycles. The number of benzene rings is 1. The van der Waals surface area contributed by atoms with Crippen molar-refractivity contribution in [3.63, 3.8) is 0 Å². The fourth-order valence-electron chi connectivity index (χ4n) is 3.61. The van der Waals surface area contributed by atoms with Crippen molar-refractivity contribution in [3.05, 3.63) is 51.7 Å². The predicted octanol–water partition coefficient (Wildman–Crippen LogP) is 3.28. The van der Waals surface area contributed by atoms with Gasteiger partial charge in [-0.3, -0.25) is 19.9 Å². The van der Waals surface area contributed by atoms with Crippen LogP contribution in [0.5, 0.6) is 0 Å². The van der Waals surface area contributed by atoms with Gasteiger partial charge in [0.25, 0.3) is 0 Å². The van der Waals surface area contributed by atoms with Crippen molar-refractivity contribution in [1.29, 1.82) is 0 Å². The van der Waals surface area contributed by atoms with Crippen molar-refractivity contribution in [2.45, 2.75) is 64.3 Å². The van der Waals surface area contributed by atoms with Crippen LogP contribution < -0.4 is 0 Å². The second kappa shape index (κ2) is 6.90. The summed E-state index contributed by atoms with van der Waals surface area (Å²) in [5.74, 6) is -2.10. The van der Waals surface area contributed by atoms with Gasteiger partial charge in [0.05, 0.1) is 15.7 Å². The average molecular weight is 381 g/mol. The van der Waals surface area contributed by atoms with Gasteiger partial charge in [-0.1, -0.05) is 32.0 Å². The molecule has 0 spiro atoms. The lowest BCUT2D eigenvalue weighted by atomic mass is 10.0. The summed E-state index contributed by atoms with van der Waals surface area (Å²) in [6, 6.07) is 7.42. The number of nitrogens with zero attached hydrogens (tertiary/aromatic N) is 3. The van der Waals surface area contributed by atoms with Gasteiger partial charge in [-0.25, -0.2) is 8.42 Å². The zero-order valence-corrected chi connectivity index (χ0v) is 16.9. The van der Waals surface area contributed by atoms with Gasteiger partial charge in [-0.05, 0) is 39.8 Å². The lowest BCUT2D eigenvalue weighted by Crippen LogP contribution is -2.66. The molecule has 0 saturated heterocycles. The highest BCUT2D eigenvalue weighted by molar-refractivity contribution is 7.95. The lowest BCUT2D eigenvalue weighted by Gasteiger charge is -2.44. The third-order valence-corrected chi connectivity index (χ3v) is 6.41. The van der Waals surface area contributed by atoms with E-state index in [2.05, 4.69) is 0 Å². The maximum atomic E-state index is 13.3. The Morgan fingerprint density at radius 3 is 1.92 bits per heavy atom. The van der Waals surface area contributed by atoms with Crippen LogP contribution in [0.25, 0.3) is 0 Å². The third-order valence-electron chi connectivity index (χ3n) is 4.67. The summed E-state index contributed by atoms with van der Waals surface area (Å²) in [4.78, 5) is 15.1. The normalized spacial score (nSPS) is 21.0. The standard InChI is InChI=1S/C18H27N3O4S/c1-13(2)18(21(22)23)19(14(3)4)12-17(20(18)15(5)6)26(24,25)16-10-8-7-9-11-16/h7-15H,1-6H3. The minimum absolute atomic E-state index is 0.0298. The van der Waals surface area contributed by atoms with E-state index in [4.69, 9.17) is 0 Å². The van der Waals surface area contributed by atoms with Crippen LogP contribution in [0, 0.1) is 16.0 Å². The molecule has 0 fully saturated rings. The average Bonchev–Trinajstić information content (AvgIpc) is 2.94. The van der Waals surface area contributed by atoms with E-state index in [9.17, 15) is 18.5 Å². The quantitative estimate of drug-likeness (QED) is 0.555. The Morgan fingerprint density at radius 1 is 1.00 bits per heavy atom. The Morgan fingerprint density at radius 2 is 1.54 bits per heavy atom. The first-order chi connectivity index (χ1) is 12.0. The van der Waals surface area contributed by atoms with Gasteiger partial charge in [0.2, 0.25) is 9.84 Å². The zero-order valence-electron chi connectivity index (χ0n) is 16.1. The molecule has 1 aliphatic heterocycles. The van der Waals surface area contributed by atoms with Gasteiger partial charge in [-0.2, -0.15) is 0 Å². The Bertz CT molecular complexity index is 803. The van der Waals surface area contributed by atoms with E-state index in [1.54, 1.807) is 50.8 Å². The molecule has 0 bridgehead atoms. The Kier molecular flexibility index (Phi) is 5.37. The number of hydrogen-bond acceptors (Lipinski definition) is 6. The van der Waals surface area contributed by atoms with Gasteiger partial charge >= 0.3 is 5.79 Å². The van der Waals surface area contributed by atoms with Crippen LogP contribution >= 0.6 is 0 Å². The second-order valence-electron chi connectivity index (χ2n) is 7.35. The molecule has 1 unspecified atom stereocenters. The van der Waals surface area contributed by atoms with Crippen molar-refractivity contribution < 1.29 is 13.3 Å². The molecule has 7 nitrogen and oxygen atoms in total. The summed E-state index contributed by atoms with van der Waals surface area (Å²) in [6.45, 7) is 10.7. The predicted molar refractivity (Wildman–Crippen MR) is 100 cm³/mol. The first-order valence-corrected chi connectivity index (χ1v) is 10.2. The minimum atomic E-state index is -3.90. The number of nitro groups is 1. The summed E-state index contributed by atoms with van der Waals surface area (Å²) in [6.07, 6.45) is 1.44. The molecule has 1 atom stereocenters. The molecule has 1 heterocycles. The van der Waals surface area contributed by atoms with E-state index >= 15 is 0 Å². The molecule has 0 aromatic heterocycles. The Labute approximate surface area is 155 Å². The van der Waals surface area contributed by atoms with Crippen LogP contribution in [0.1, 0.15) is 41.5 Å². The zero-order chi connectivity index (χ0) is 19.9. The Hall–Kier alpha value is -2.09. The van der Waals surface area contributed by atoms with Crippen molar-refractivity contribution in [1.82, 2.24) is 9.80 Å². The van der Waals surface area contributed by atoms with Gasteiger partial charge < -0.3 is 0 Å². The van der Waals surface area contributed by atoms with E-state index in [1.807, 2.05) is 13.8 Å². The highest BCUT2D eigenvalue weighted by Crippen LogP contribution is 2.44. The van der Waals surface area contributed by atoms with Crippen LogP contribution in [-0.4, -0.2) is 41.0 Å². The number of sulfone groups is 1. The van der Waals surface area contributed by atoms with Gasteiger partial charge in [-0.15, -0.1) is 0 Å². The van der Waals surface area contributed by atoms with Gasteiger partial charge in [0.1, 0.15) is 0 Å². The van der Waals surface area contributed by atoms with Gasteiger partial charge in [0.15, 0.2) is 5.03 Å². The SMILES string of the molecule is CC(C)N1C=C(S(=O)(=O)c2ccccc2)N(C(C)C)C1(C(C)C)[N+](=O)[O-]. The largest absolute Gasteiger partial charge is 0.381 e. The Balaban J connectivity index is 2.78. The van der Waals surface area contributed by atoms with Crippen molar-refractivity contribution >= 4 is 9.84 Å². The van der Waals surface area contributed by atoms with Crippen LogP contribution in [0.15, 0.2) is 46.5 Å². The van der Waals surface area contributed by atoms with Gasteiger partial charge in [0, 0.05) is 18.3 Å². The second-order valence-corrected chi connectivity index (χ2v) is 9.24. The number of rotatable bonds is 6. The van der Waals surface area contributed by atoms with E-state index in [0.29, 0.717) is 0 Å². The van der Waals surface area contributed by atoms with Crippen molar-refractivity contribution in [2.75, 3.05) is 0 Å². The first kappa shape index (κ1) is 20.2.